The van der Waals surface area contributed by atoms with E-state index >= 15 is 0 Å². The molecule has 26 heavy (non-hydrogen) atoms. The van der Waals surface area contributed by atoms with Gasteiger partial charge in [0.15, 0.2) is 0 Å². The van der Waals surface area contributed by atoms with Crippen molar-refractivity contribution < 1.29 is 9.59 Å². The van der Waals surface area contributed by atoms with E-state index in [9.17, 15) is 19.2 Å². The van der Waals surface area contributed by atoms with Crippen LogP contribution < -0.4 is 16.6 Å². The number of H-pyrrole nitrogens is 1. The summed E-state index contributed by atoms with van der Waals surface area (Å²) in [6, 6.07) is 8.50. The van der Waals surface area contributed by atoms with Crippen molar-refractivity contribution in [3.63, 3.8) is 0 Å². The largest absolute Gasteiger partial charge is 0.349 e. The topological polar surface area (TPSA) is 104 Å². The fourth-order valence-electron chi connectivity index (χ4n) is 2.29. The van der Waals surface area contributed by atoms with Crippen LogP contribution in [0.15, 0.2) is 46.1 Å². The second-order valence-corrected chi connectivity index (χ2v) is 6.29. The predicted octanol–water partition coefficient (Wildman–Crippen LogP) is 0.526. The number of carbonyl (C=O) groups is 2. The summed E-state index contributed by atoms with van der Waals surface area (Å²) >= 11 is 5.69. The van der Waals surface area contributed by atoms with Crippen molar-refractivity contribution in [1.29, 1.82) is 0 Å². The van der Waals surface area contributed by atoms with E-state index in [2.05, 4.69) is 5.32 Å². The molecule has 2 rings (SSSR count). The van der Waals surface area contributed by atoms with E-state index in [0.29, 0.717) is 0 Å². The number of hydrogen-bond donors (Lipinski definition) is 2. The van der Waals surface area contributed by atoms with Gasteiger partial charge in [0.2, 0.25) is 11.8 Å². The molecule has 2 aromatic rings. The highest BCUT2D eigenvalue weighted by atomic mass is 35.5. The van der Waals surface area contributed by atoms with Gasteiger partial charge in [0.05, 0.1) is 12.5 Å². The van der Waals surface area contributed by atoms with Crippen LogP contribution in [0.5, 0.6) is 0 Å². The fraction of sp³-hybridized carbons (Fsp3) is 0.294. The van der Waals surface area contributed by atoms with Gasteiger partial charge in [-0.3, -0.25) is 23.9 Å². The maximum absolute atomic E-state index is 12.4. The minimum absolute atomic E-state index is 0.0734. The molecule has 1 aromatic carbocycles. The average Bonchev–Trinajstić information content (AvgIpc) is 2.59. The van der Waals surface area contributed by atoms with Crippen molar-refractivity contribution in [2.24, 2.45) is 0 Å². The maximum Gasteiger partial charge on any atom is 0.328 e. The predicted molar refractivity (Wildman–Crippen MR) is 97.0 cm³/mol. The molecule has 1 atom stereocenters. The van der Waals surface area contributed by atoms with Crippen molar-refractivity contribution in [3.05, 3.63) is 68.0 Å². The van der Waals surface area contributed by atoms with Gasteiger partial charge in [-0.05, 0) is 5.56 Å². The van der Waals surface area contributed by atoms with Gasteiger partial charge < -0.3 is 10.2 Å². The number of amides is 2. The molecular formula is C17H19ClN4O4. The first kappa shape index (κ1) is 19.5. The van der Waals surface area contributed by atoms with Crippen LogP contribution in [0.3, 0.4) is 0 Å². The van der Waals surface area contributed by atoms with E-state index in [4.69, 9.17) is 11.6 Å². The summed E-state index contributed by atoms with van der Waals surface area (Å²) < 4.78 is 0.995. The zero-order valence-corrected chi connectivity index (χ0v) is 15.1. The lowest BCUT2D eigenvalue weighted by molar-refractivity contribution is -0.129. The molecule has 0 aliphatic rings. The summed E-state index contributed by atoms with van der Waals surface area (Å²) in [4.78, 5) is 50.9. The van der Waals surface area contributed by atoms with Crippen LogP contribution in [0.2, 0.25) is 5.02 Å². The van der Waals surface area contributed by atoms with Gasteiger partial charge >= 0.3 is 5.69 Å². The molecule has 1 aromatic heterocycles. The SMILES string of the molecule is CN(C)C(=O)CC(NC(=O)Cn1cc(Cl)c(=O)[nH]c1=O)c1ccccc1. The number of nitrogens with zero attached hydrogens (tertiary/aromatic N) is 2. The molecule has 2 amide bonds. The van der Waals surface area contributed by atoms with Crippen LogP contribution in [0.4, 0.5) is 0 Å². The Labute approximate surface area is 154 Å². The van der Waals surface area contributed by atoms with E-state index in [1.165, 1.54) is 4.90 Å². The van der Waals surface area contributed by atoms with Gasteiger partial charge in [0, 0.05) is 20.3 Å². The monoisotopic (exact) mass is 378 g/mol. The zero-order valence-electron chi connectivity index (χ0n) is 14.4. The Morgan fingerprint density at radius 3 is 2.50 bits per heavy atom. The molecule has 0 aliphatic heterocycles. The Kier molecular flexibility index (Phi) is 6.35. The van der Waals surface area contributed by atoms with Crippen molar-refractivity contribution in [2.45, 2.75) is 19.0 Å². The van der Waals surface area contributed by atoms with Crippen LogP contribution in [-0.2, 0) is 16.1 Å². The molecule has 2 N–H and O–H groups in total. The standard InChI is InChI=1S/C17H19ClN4O4/c1-21(2)15(24)8-13(11-6-4-3-5-7-11)19-14(23)10-22-9-12(18)16(25)20-17(22)26/h3-7,9,13H,8,10H2,1-2H3,(H,19,23)(H,20,25,26). The number of rotatable bonds is 6. The molecular weight excluding hydrogens is 360 g/mol. The van der Waals surface area contributed by atoms with Gasteiger partial charge in [-0.15, -0.1) is 0 Å². The number of nitrogens with one attached hydrogen (secondary N) is 2. The molecule has 1 unspecified atom stereocenters. The highest BCUT2D eigenvalue weighted by Gasteiger charge is 2.20. The summed E-state index contributed by atoms with van der Waals surface area (Å²) in [7, 11) is 3.27. The lowest BCUT2D eigenvalue weighted by Gasteiger charge is -2.21. The molecule has 0 saturated carbocycles. The van der Waals surface area contributed by atoms with Crippen LogP contribution in [0.1, 0.15) is 18.0 Å². The number of halogens is 1. The fourth-order valence-corrected chi connectivity index (χ4v) is 2.45. The van der Waals surface area contributed by atoms with Gasteiger partial charge in [0.1, 0.15) is 11.6 Å². The van der Waals surface area contributed by atoms with E-state index in [0.717, 1.165) is 16.3 Å². The quantitative estimate of drug-likeness (QED) is 0.764. The van der Waals surface area contributed by atoms with E-state index in [1.807, 2.05) is 11.1 Å². The normalized spacial score (nSPS) is 11.7. The number of benzene rings is 1. The Morgan fingerprint density at radius 2 is 1.88 bits per heavy atom. The Hall–Kier alpha value is -2.87. The lowest BCUT2D eigenvalue weighted by Crippen LogP contribution is -2.38. The second kappa shape index (κ2) is 8.48. The van der Waals surface area contributed by atoms with Crippen LogP contribution in [-0.4, -0.2) is 40.4 Å². The lowest BCUT2D eigenvalue weighted by atomic mass is 10.0. The van der Waals surface area contributed by atoms with Gasteiger partial charge in [-0.2, -0.15) is 0 Å². The summed E-state index contributed by atoms with van der Waals surface area (Å²) in [5.74, 6) is -0.640. The summed E-state index contributed by atoms with van der Waals surface area (Å²) in [6.07, 6.45) is 1.18. The first-order valence-corrected chi connectivity index (χ1v) is 8.19. The van der Waals surface area contributed by atoms with Crippen molar-refractivity contribution >= 4 is 23.4 Å². The average molecular weight is 379 g/mol. The van der Waals surface area contributed by atoms with E-state index in [1.54, 1.807) is 38.4 Å². The summed E-state index contributed by atoms with van der Waals surface area (Å²) in [6.45, 7) is -0.338. The summed E-state index contributed by atoms with van der Waals surface area (Å²) in [5, 5.41) is 2.55. The van der Waals surface area contributed by atoms with E-state index in [-0.39, 0.29) is 23.9 Å². The molecule has 9 heteroatoms. The molecule has 0 fully saturated rings. The third kappa shape index (κ3) is 5.06. The molecule has 0 spiro atoms. The summed E-state index contributed by atoms with van der Waals surface area (Å²) in [5.41, 5.74) is -0.690. The van der Waals surface area contributed by atoms with Crippen molar-refractivity contribution in [3.8, 4) is 0 Å². The van der Waals surface area contributed by atoms with Crippen LogP contribution >= 0.6 is 11.6 Å². The maximum atomic E-state index is 12.4. The molecule has 0 radical (unpaired) electrons. The molecule has 0 aliphatic carbocycles. The second-order valence-electron chi connectivity index (χ2n) is 5.89. The van der Waals surface area contributed by atoms with Gasteiger partial charge in [0.25, 0.3) is 5.56 Å². The van der Waals surface area contributed by atoms with E-state index < -0.39 is 23.2 Å². The van der Waals surface area contributed by atoms with Crippen molar-refractivity contribution in [2.75, 3.05) is 14.1 Å². The highest BCUT2D eigenvalue weighted by molar-refractivity contribution is 6.30. The molecule has 8 nitrogen and oxygen atoms in total. The number of hydrogen-bond acceptors (Lipinski definition) is 4. The minimum Gasteiger partial charge on any atom is -0.349 e. The smallest absolute Gasteiger partial charge is 0.328 e. The third-order valence-electron chi connectivity index (χ3n) is 3.70. The van der Waals surface area contributed by atoms with Crippen LogP contribution in [0.25, 0.3) is 0 Å². The molecule has 0 bridgehead atoms. The first-order chi connectivity index (χ1) is 12.3. The molecule has 0 saturated heterocycles. The zero-order chi connectivity index (χ0) is 19.3. The number of carbonyl (C=O) groups excluding carboxylic acids is 2. The number of aromatic amines is 1. The third-order valence-corrected chi connectivity index (χ3v) is 3.97. The Bertz CT molecular complexity index is 905. The highest BCUT2D eigenvalue weighted by Crippen LogP contribution is 2.17. The van der Waals surface area contributed by atoms with Gasteiger partial charge in [-0.1, -0.05) is 41.9 Å². The Morgan fingerprint density at radius 1 is 1.23 bits per heavy atom. The van der Waals surface area contributed by atoms with Crippen LogP contribution in [0, 0.1) is 0 Å². The Balaban J connectivity index is 2.18. The molecule has 1 heterocycles. The van der Waals surface area contributed by atoms with Crippen molar-refractivity contribution in [1.82, 2.24) is 19.8 Å². The number of aromatic nitrogens is 2. The first-order valence-electron chi connectivity index (χ1n) is 7.81. The van der Waals surface area contributed by atoms with Gasteiger partial charge in [-0.25, -0.2) is 4.79 Å². The molecule has 138 valence electrons. The minimum atomic E-state index is -0.741.